The second-order valence-electron chi connectivity index (χ2n) is 6.95. The van der Waals surface area contributed by atoms with Crippen LogP contribution in [0.1, 0.15) is 54.0 Å². The molecule has 3 rings (SSSR count). The Morgan fingerprint density at radius 2 is 2.17 bits per heavy atom. The zero-order valence-electron chi connectivity index (χ0n) is 16.8. The van der Waals surface area contributed by atoms with Crippen LogP contribution in [0.3, 0.4) is 0 Å². The van der Waals surface area contributed by atoms with Crippen LogP contribution in [-0.4, -0.2) is 29.5 Å². The summed E-state index contributed by atoms with van der Waals surface area (Å²) >= 11 is 1.46. The molecule has 1 N–H and O–H groups in total. The van der Waals surface area contributed by atoms with Gasteiger partial charge < -0.3 is 9.47 Å². The molecule has 1 aliphatic carbocycles. The molecule has 9 heteroatoms. The zero-order valence-corrected chi connectivity index (χ0v) is 17.6. The largest absolute Gasteiger partial charge is 0.493 e. The molecule has 1 heterocycles. The van der Waals surface area contributed by atoms with Crippen molar-refractivity contribution in [3.8, 4) is 11.5 Å². The maximum atomic E-state index is 12.8. The number of nitrogens with one attached hydrogen (secondary N) is 1. The highest BCUT2D eigenvalue weighted by Gasteiger charge is 2.27. The minimum absolute atomic E-state index is 0.0868. The Labute approximate surface area is 173 Å². The quantitative estimate of drug-likeness (QED) is 0.495. The summed E-state index contributed by atoms with van der Waals surface area (Å²) in [6, 6.07) is 2.56. The number of thiazole rings is 1. The standard InChI is InChI=1S/C20H25N3O5S/c1-4-6-12-7-8-14-18(9-12)29-20(21-14)22-19(24)13-10-17(28-5-2)16(27-3)11-15(13)23(25)26/h10-12H,4-9H2,1-3H3,(H,21,22,24). The molecule has 1 aliphatic rings. The van der Waals surface area contributed by atoms with E-state index in [1.165, 1.54) is 41.9 Å². The monoisotopic (exact) mass is 419 g/mol. The van der Waals surface area contributed by atoms with Crippen LogP contribution in [0.25, 0.3) is 0 Å². The number of rotatable bonds is 8. The molecule has 156 valence electrons. The third-order valence-electron chi connectivity index (χ3n) is 4.98. The predicted octanol–water partition coefficient (Wildman–Crippen LogP) is 4.62. The number of benzene rings is 1. The number of amides is 1. The Hall–Kier alpha value is -2.68. The van der Waals surface area contributed by atoms with E-state index in [1.54, 1.807) is 6.92 Å². The first-order chi connectivity index (χ1) is 14.0. The molecule has 29 heavy (non-hydrogen) atoms. The first kappa shape index (κ1) is 21.0. The van der Waals surface area contributed by atoms with Gasteiger partial charge >= 0.3 is 0 Å². The van der Waals surface area contributed by atoms with Crippen LogP contribution < -0.4 is 14.8 Å². The number of nitro groups is 1. The maximum absolute atomic E-state index is 12.8. The van der Waals surface area contributed by atoms with Crippen LogP contribution >= 0.6 is 11.3 Å². The molecular weight excluding hydrogens is 394 g/mol. The second kappa shape index (κ2) is 9.21. The summed E-state index contributed by atoms with van der Waals surface area (Å²) in [6.45, 7) is 4.31. The van der Waals surface area contributed by atoms with Crippen LogP contribution in [0.5, 0.6) is 11.5 Å². The van der Waals surface area contributed by atoms with Crippen LogP contribution in [0.15, 0.2) is 12.1 Å². The number of carbonyl (C=O) groups excluding carboxylic acids is 1. The molecule has 1 aromatic carbocycles. The van der Waals surface area contributed by atoms with E-state index in [-0.39, 0.29) is 22.7 Å². The molecule has 0 saturated carbocycles. The van der Waals surface area contributed by atoms with Gasteiger partial charge in [-0.05, 0) is 32.1 Å². The SMILES string of the molecule is CCCC1CCc2nc(NC(=O)c3cc(OCC)c(OC)cc3[N+](=O)[O-])sc2C1. The van der Waals surface area contributed by atoms with Gasteiger partial charge in [0.1, 0.15) is 5.56 Å². The molecule has 2 aromatic rings. The van der Waals surface area contributed by atoms with Crippen molar-refractivity contribution in [1.29, 1.82) is 0 Å². The van der Waals surface area contributed by atoms with Crippen molar-refractivity contribution < 1.29 is 19.2 Å². The lowest BCUT2D eigenvalue weighted by molar-refractivity contribution is -0.385. The van der Waals surface area contributed by atoms with E-state index in [4.69, 9.17) is 9.47 Å². The summed E-state index contributed by atoms with van der Waals surface area (Å²) in [5.41, 5.74) is 0.598. The number of nitro benzene ring substituents is 1. The van der Waals surface area contributed by atoms with Gasteiger partial charge in [0, 0.05) is 10.9 Å². The van der Waals surface area contributed by atoms with Crippen LogP contribution in [0.4, 0.5) is 10.8 Å². The van der Waals surface area contributed by atoms with Crippen molar-refractivity contribution in [2.24, 2.45) is 5.92 Å². The van der Waals surface area contributed by atoms with Crippen molar-refractivity contribution >= 4 is 28.1 Å². The first-order valence-electron chi connectivity index (χ1n) is 9.75. The molecule has 0 fully saturated rings. The molecule has 0 radical (unpaired) electrons. The number of aryl methyl sites for hydroxylation is 1. The van der Waals surface area contributed by atoms with Gasteiger partial charge in [0.05, 0.1) is 30.4 Å². The van der Waals surface area contributed by atoms with Gasteiger partial charge in [-0.1, -0.05) is 19.8 Å². The van der Waals surface area contributed by atoms with E-state index in [1.807, 2.05) is 0 Å². The van der Waals surface area contributed by atoms with Crippen molar-refractivity contribution in [3.05, 3.63) is 38.4 Å². The highest BCUT2D eigenvalue weighted by atomic mass is 32.1. The molecule has 1 unspecified atom stereocenters. The Balaban J connectivity index is 1.85. The molecule has 1 amide bonds. The predicted molar refractivity (Wildman–Crippen MR) is 111 cm³/mol. The van der Waals surface area contributed by atoms with Gasteiger partial charge in [-0.2, -0.15) is 0 Å². The van der Waals surface area contributed by atoms with E-state index in [0.717, 1.165) is 31.4 Å². The number of hydrogen-bond donors (Lipinski definition) is 1. The summed E-state index contributed by atoms with van der Waals surface area (Å²) in [5, 5.41) is 14.7. The number of fused-ring (bicyclic) bond motifs is 1. The van der Waals surface area contributed by atoms with Gasteiger partial charge in [-0.25, -0.2) is 4.98 Å². The molecule has 0 spiro atoms. The van der Waals surface area contributed by atoms with Gasteiger partial charge in [0.2, 0.25) is 0 Å². The lowest BCUT2D eigenvalue weighted by Crippen LogP contribution is -2.15. The van der Waals surface area contributed by atoms with Crippen molar-refractivity contribution in [3.63, 3.8) is 0 Å². The van der Waals surface area contributed by atoms with Gasteiger partial charge in [0.15, 0.2) is 16.6 Å². The molecule has 1 atom stereocenters. The molecular formula is C20H25N3O5S. The maximum Gasteiger partial charge on any atom is 0.286 e. The van der Waals surface area contributed by atoms with E-state index in [0.29, 0.717) is 17.7 Å². The Morgan fingerprint density at radius 1 is 1.38 bits per heavy atom. The number of aromatic nitrogens is 1. The smallest absolute Gasteiger partial charge is 0.286 e. The number of hydrogen-bond acceptors (Lipinski definition) is 7. The topological polar surface area (TPSA) is 104 Å². The highest BCUT2D eigenvalue weighted by Crippen LogP contribution is 2.37. The van der Waals surface area contributed by atoms with Crippen LogP contribution in [0.2, 0.25) is 0 Å². The number of carbonyl (C=O) groups is 1. The van der Waals surface area contributed by atoms with Crippen molar-refractivity contribution in [1.82, 2.24) is 4.98 Å². The minimum Gasteiger partial charge on any atom is -0.493 e. The summed E-state index contributed by atoms with van der Waals surface area (Å²) in [6.07, 6.45) is 5.35. The Bertz CT molecular complexity index is 912. The van der Waals surface area contributed by atoms with Gasteiger partial charge in [0.25, 0.3) is 11.6 Å². The van der Waals surface area contributed by atoms with Crippen molar-refractivity contribution in [2.45, 2.75) is 46.0 Å². The zero-order chi connectivity index (χ0) is 21.0. The minimum atomic E-state index is -0.602. The molecule has 0 saturated heterocycles. The average Bonchev–Trinajstić information content (AvgIpc) is 3.09. The van der Waals surface area contributed by atoms with E-state index >= 15 is 0 Å². The number of anilines is 1. The van der Waals surface area contributed by atoms with Gasteiger partial charge in [-0.3, -0.25) is 20.2 Å². The average molecular weight is 420 g/mol. The molecule has 1 aromatic heterocycles. The number of ether oxygens (including phenoxy) is 2. The van der Waals surface area contributed by atoms with Crippen LogP contribution in [0, 0.1) is 16.0 Å². The van der Waals surface area contributed by atoms with E-state index in [2.05, 4.69) is 17.2 Å². The van der Waals surface area contributed by atoms with E-state index < -0.39 is 10.8 Å². The lowest BCUT2D eigenvalue weighted by atomic mass is 9.88. The Kier molecular flexibility index (Phi) is 6.68. The van der Waals surface area contributed by atoms with E-state index in [9.17, 15) is 14.9 Å². The fourth-order valence-corrected chi connectivity index (χ4v) is 4.74. The van der Waals surface area contributed by atoms with Crippen LogP contribution in [-0.2, 0) is 12.8 Å². The molecule has 0 aliphatic heterocycles. The normalized spacial score (nSPS) is 15.5. The third-order valence-corrected chi connectivity index (χ3v) is 6.02. The summed E-state index contributed by atoms with van der Waals surface area (Å²) in [7, 11) is 1.40. The van der Waals surface area contributed by atoms with Gasteiger partial charge in [-0.15, -0.1) is 11.3 Å². The number of methoxy groups -OCH3 is 1. The fraction of sp³-hybridized carbons (Fsp3) is 0.500. The van der Waals surface area contributed by atoms with Crippen molar-refractivity contribution in [2.75, 3.05) is 19.0 Å². The molecule has 8 nitrogen and oxygen atoms in total. The fourth-order valence-electron chi connectivity index (χ4n) is 3.63. The summed E-state index contributed by atoms with van der Waals surface area (Å²) < 4.78 is 10.6. The summed E-state index contributed by atoms with van der Waals surface area (Å²) in [4.78, 5) is 29.5. The number of nitrogens with zero attached hydrogens (tertiary/aromatic N) is 2. The Morgan fingerprint density at radius 3 is 2.83 bits per heavy atom. The summed E-state index contributed by atoms with van der Waals surface area (Å²) in [5.74, 6) is 0.567. The molecule has 0 bridgehead atoms. The second-order valence-corrected chi connectivity index (χ2v) is 8.03. The third kappa shape index (κ3) is 4.67. The first-order valence-corrected chi connectivity index (χ1v) is 10.6. The highest BCUT2D eigenvalue weighted by molar-refractivity contribution is 7.15. The lowest BCUT2D eigenvalue weighted by Gasteiger charge is -2.19.